The molecule has 9 nitrogen and oxygen atoms in total. The molecule has 1 unspecified atom stereocenters. The third-order valence-corrected chi connectivity index (χ3v) is 8.80. The van der Waals surface area contributed by atoms with Crippen LogP contribution in [0.3, 0.4) is 0 Å². The van der Waals surface area contributed by atoms with Crippen LogP contribution in [0.15, 0.2) is 108 Å². The van der Waals surface area contributed by atoms with E-state index in [0.29, 0.717) is 32.0 Å². The molecule has 0 saturated carbocycles. The van der Waals surface area contributed by atoms with Gasteiger partial charge < -0.3 is 31.5 Å². The van der Waals surface area contributed by atoms with Crippen LogP contribution in [-0.2, 0) is 34.0 Å². The lowest BCUT2D eigenvalue weighted by atomic mass is 9.63. The third-order valence-electron chi connectivity index (χ3n) is 8.80. The van der Waals surface area contributed by atoms with Crippen molar-refractivity contribution >= 4 is 17.7 Å². The molecule has 3 amide bonds. The SMILES string of the molecule is CCCN(CCC)C(=O)C1=CC(C(N)=O)=CC(C(N)=O)([C@H](Cc2ccc(OCc3ccccc3)cc2)[C@@H](O)CNCc2ccccc2)C1. The summed E-state index contributed by atoms with van der Waals surface area (Å²) in [7, 11) is 0. The van der Waals surface area contributed by atoms with E-state index in [9.17, 15) is 19.5 Å². The topological polar surface area (TPSA) is 148 Å². The number of aliphatic hydroxyl groups excluding tert-OH is 1. The highest BCUT2D eigenvalue weighted by Gasteiger charge is 2.49. The van der Waals surface area contributed by atoms with Crippen molar-refractivity contribution in [2.24, 2.45) is 22.8 Å². The van der Waals surface area contributed by atoms with Gasteiger partial charge in [0, 0.05) is 43.2 Å². The number of rotatable bonds is 18. The molecule has 3 atom stereocenters. The average Bonchev–Trinajstić information content (AvgIpc) is 3.10. The fourth-order valence-corrected chi connectivity index (χ4v) is 6.32. The van der Waals surface area contributed by atoms with Gasteiger partial charge in [-0.15, -0.1) is 0 Å². The van der Waals surface area contributed by atoms with Gasteiger partial charge in [-0.1, -0.05) is 92.7 Å². The summed E-state index contributed by atoms with van der Waals surface area (Å²) in [6.45, 7) is 6.07. The van der Waals surface area contributed by atoms with Crippen molar-refractivity contribution in [3.8, 4) is 5.75 Å². The molecule has 1 aliphatic carbocycles. The minimum Gasteiger partial charge on any atom is -0.489 e. The molecule has 254 valence electrons. The zero-order valence-electron chi connectivity index (χ0n) is 27.9. The number of primary amides is 2. The molecule has 0 aromatic heterocycles. The summed E-state index contributed by atoms with van der Waals surface area (Å²) in [5, 5.41) is 15.2. The van der Waals surface area contributed by atoms with E-state index in [-0.39, 0.29) is 36.4 Å². The van der Waals surface area contributed by atoms with E-state index in [2.05, 4.69) is 5.32 Å². The molecule has 0 heterocycles. The summed E-state index contributed by atoms with van der Waals surface area (Å²) in [5.74, 6) is -1.94. The van der Waals surface area contributed by atoms with Crippen LogP contribution in [-0.4, -0.2) is 53.5 Å². The number of amides is 3. The highest BCUT2D eigenvalue weighted by molar-refractivity contribution is 6.03. The first kappa shape index (κ1) is 36.1. The number of carbonyl (C=O) groups is 3. The van der Waals surface area contributed by atoms with Gasteiger partial charge >= 0.3 is 0 Å². The number of aliphatic hydroxyl groups is 1. The Morgan fingerprint density at radius 2 is 1.48 bits per heavy atom. The molecule has 1 aliphatic rings. The van der Waals surface area contributed by atoms with Gasteiger partial charge in [0.15, 0.2) is 0 Å². The molecule has 0 bridgehead atoms. The number of hydrogen-bond donors (Lipinski definition) is 4. The predicted octanol–water partition coefficient (Wildman–Crippen LogP) is 4.44. The maximum Gasteiger partial charge on any atom is 0.249 e. The molecule has 0 fully saturated rings. The van der Waals surface area contributed by atoms with Crippen LogP contribution in [0, 0.1) is 11.3 Å². The van der Waals surface area contributed by atoms with Crippen LogP contribution in [0.1, 0.15) is 49.8 Å². The van der Waals surface area contributed by atoms with Gasteiger partial charge in [-0.3, -0.25) is 14.4 Å². The minimum atomic E-state index is -1.58. The first-order valence-electron chi connectivity index (χ1n) is 16.7. The molecule has 9 heteroatoms. The number of hydrogen-bond acceptors (Lipinski definition) is 6. The maximum absolute atomic E-state index is 13.9. The highest BCUT2D eigenvalue weighted by atomic mass is 16.5. The molecule has 6 N–H and O–H groups in total. The van der Waals surface area contributed by atoms with Crippen molar-refractivity contribution in [1.29, 1.82) is 0 Å². The summed E-state index contributed by atoms with van der Waals surface area (Å²) >= 11 is 0. The zero-order valence-corrected chi connectivity index (χ0v) is 27.9. The number of nitrogens with two attached hydrogens (primary N) is 2. The first-order valence-corrected chi connectivity index (χ1v) is 16.7. The third kappa shape index (κ3) is 9.42. The van der Waals surface area contributed by atoms with Gasteiger partial charge in [0.1, 0.15) is 12.4 Å². The minimum absolute atomic E-state index is 0.0236. The van der Waals surface area contributed by atoms with Crippen molar-refractivity contribution < 1.29 is 24.2 Å². The summed E-state index contributed by atoms with van der Waals surface area (Å²) in [5.41, 5.74) is 13.6. The molecule has 3 aromatic carbocycles. The predicted molar refractivity (Wildman–Crippen MR) is 187 cm³/mol. The largest absolute Gasteiger partial charge is 0.489 e. The number of ether oxygens (including phenoxy) is 1. The van der Waals surface area contributed by atoms with Gasteiger partial charge in [0.25, 0.3) is 0 Å². The van der Waals surface area contributed by atoms with Crippen molar-refractivity contribution in [2.45, 2.75) is 58.8 Å². The lowest BCUT2D eigenvalue weighted by Crippen LogP contribution is -2.52. The van der Waals surface area contributed by atoms with Crippen molar-refractivity contribution in [2.75, 3.05) is 19.6 Å². The quantitative estimate of drug-likeness (QED) is 0.160. The van der Waals surface area contributed by atoms with Crippen LogP contribution in [0.2, 0.25) is 0 Å². The fourth-order valence-electron chi connectivity index (χ4n) is 6.32. The molecule has 0 radical (unpaired) electrons. The van der Waals surface area contributed by atoms with Crippen LogP contribution in [0.4, 0.5) is 0 Å². The normalized spacial score (nSPS) is 17.1. The van der Waals surface area contributed by atoms with E-state index in [0.717, 1.165) is 29.5 Å². The summed E-state index contributed by atoms with van der Waals surface area (Å²) in [6, 6.07) is 27.1. The Hall–Kier alpha value is -4.73. The Morgan fingerprint density at radius 1 is 0.875 bits per heavy atom. The van der Waals surface area contributed by atoms with Gasteiger partial charge in [-0.25, -0.2) is 0 Å². The molecule has 3 aromatic rings. The smallest absolute Gasteiger partial charge is 0.249 e. The second-order valence-electron chi connectivity index (χ2n) is 12.4. The molecule has 0 spiro atoms. The summed E-state index contributed by atoms with van der Waals surface area (Å²) in [4.78, 5) is 41.9. The highest BCUT2D eigenvalue weighted by Crippen LogP contribution is 2.44. The number of nitrogens with one attached hydrogen (secondary N) is 1. The van der Waals surface area contributed by atoms with E-state index in [1.807, 2.05) is 98.8 Å². The molecule has 48 heavy (non-hydrogen) atoms. The van der Waals surface area contributed by atoms with E-state index in [1.54, 1.807) is 4.90 Å². The standard InChI is InChI=1S/C39H48N4O5/c1-3-19-43(20-4-2)37(46)32-22-31(36(40)45)23-39(24-32,38(41)47)34(35(44)26-42-25-29-11-7-5-8-12-29)21-28-15-17-33(18-16-28)48-27-30-13-9-6-10-14-30/h5-18,22-23,34-35,42,44H,3-4,19-21,24-27H2,1-2H3,(H2,40,45)(H2,41,47)/t34-,35+,39?/m1/s1. The summed E-state index contributed by atoms with van der Waals surface area (Å²) in [6.07, 6.45) is 3.52. The molecule has 4 rings (SSSR count). The van der Waals surface area contributed by atoms with Crippen LogP contribution in [0.25, 0.3) is 0 Å². The second kappa shape index (κ2) is 17.4. The van der Waals surface area contributed by atoms with Crippen molar-refractivity contribution in [1.82, 2.24) is 10.2 Å². The Bertz CT molecular complexity index is 1570. The molecular formula is C39H48N4O5. The Labute approximate surface area is 283 Å². The van der Waals surface area contributed by atoms with Gasteiger partial charge in [0.2, 0.25) is 17.7 Å². The Morgan fingerprint density at radius 3 is 2.04 bits per heavy atom. The van der Waals surface area contributed by atoms with E-state index >= 15 is 0 Å². The van der Waals surface area contributed by atoms with Crippen molar-refractivity contribution in [3.05, 3.63) is 125 Å². The fraction of sp³-hybridized carbons (Fsp3) is 0.359. The summed E-state index contributed by atoms with van der Waals surface area (Å²) < 4.78 is 5.97. The lowest BCUT2D eigenvalue weighted by molar-refractivity contribution is -0.132. The Kier molecular flexibility index (Phi) is 13.1. The van der Waals surface area contributed by atoms with Crippen LogP contribution < -0.4 is 21.5 Å². The van der Waals surface area contributed by atoms with E-state index < -0.39 is 29.3 Å². The van der Waals surface area contributed by atoms with Gasteiger partial charge in [0.05, 0.1) is 11.5 Å². The molecule has 0 aliphatic heterocycles. The van der Waals surface area contributed by atoms with Gasteiger partial charge in [-0.05, 0) is 60.6 Å². The van der Waals surface area contributed by atoms with Crippen LogP contribution >= 0.6 is 0 Å². The number of benzene rings is 3. The van der Waals surface area contributed by atoms with Crippen LogP contribution in [0.5, 0.6) is 5.75 Å². The van der Waals surface area contributed by atoms with Gasteiger partial charge in [-0.2, -0.15) is 0 Å². The molecular weight excluding hydrogens is 604 g/mol. The van der Waals surface area contributed by atoms with E-state index in [1.165, 1.54) is 12.2 Å². The second-order valence-corrected chi connectivity index (χ2v) is 12.4. The number of carbonyl (C=O) groups excluding carboxylic acids is 3. The first-order chi connectivity index (χ1) is 23.2. The Balaban J connectivity index is 1.67. The van der Waals surface area contributed by atoms with Crippen molar-refractivity contribution in [3.63, 3.8) is 0 Å². The maximum atomic E-state index is 13.9. The molecule has 0 saturated heterocycles. The zero-order chi connectivity index (χ0) is 34.5. The number of nitrogens with zero attached hydrogens (tertiary/aromatic N) is 1. The average molecular weight is 653 g/mol. The lowest BCUT2D eigenvalue weighted by Gasteiger charge is -2.42. The van der Waals surface area contributed by atoms with E-state index in [4.69, 9.17) is 16.2 Å². The monoisotopic (exact) mass is 652 g/mol.